The van der Waals surface area contributed by atoms with Gasteiger partial charge in [-0.1, -0.05) is 30.3 Å². The smallest absolute Gasteiger partial charge is 0.239 e. The highest BCUT2D eigenvalue weighted by Gasteiger charge is 2.33. The number of aryl methyl sites for hydroxylation is 1. The predicted molar refractivity (Wildman–Crippen MR) is 73.1 cm³/mol. The minimum Gasteiger partial charge on any atom is -0.339 e. The van der Waals surface area contributed by atoms with E-state index in [4.69, 9.17) is 5.73 Å². The number of amides is 1. The van der Waals surface area contributed by atoms with E-state index in [-0.39, 0.29) is 11.9 Å². The van der Waals surface area contributed by atoms with E-state index >= 15 is 0 Å². The Morgan fingerprint density at radius 2 is 2.06 bits per heavy atom. The summed E-state index contributed by atoms with van der Waals surface area (Å²) in [6, 6.07) is 10.3. The first kappa shape index (κ1) is 13.1. The molecular weight excluding hydrogens is 224 g/mol. The Labute approximate surface area is 109 Å². The fraction of sp³-hybridized carbons (Fsp3) is 0.533. The van der Waals surface area contributed by atoms with Gasteiger partial charge in [-0.3, -0.25) is 4.79 Å². The largest absolute Gasteiger partial charge is 0.339 e. The SMILES string of the molecule is CCN(C(=O)[C@@H](N)CCc1ccccc1)C1CC1. The van der Waals surface area contributed by atoms with Gasteiger partial charge >= 0.3 is 0 Å². The average Bonchev–Trinajstić information content (AvgIpc) is 3.22. The predicted octanol–water partition coefficient (Wildman–Crippen LogP) is 1.96. The van der Waals surface area contributed by atoms with Crippen molar-refractivity contribution in [2.24, 2.45) is 5.73 Å². The summed E-state index contributed by atoms with van der Waals surface area (Å²) in [6.45, 7) is 2.81. The molecule has 0 radical (unpaired) electrons. The fourth-order valence-corrected chi connectivity index (χ4v) is 2.28. The van der Waals surface area contributed by atoms with Gasteiger partial charge in [0, 0.05) is 12.6 Å². The van der Waals surface area contributed by atoms with Gasteiger partial charge in [0.15, 0.2) is 0 Å². The van der Waals surface area contributed by atoms with Crippen molar-refractivity contribution in [1.82, 2.24) is 4.90 Å². The Bertz CT molecular complexity index is 387. The van der Waals surface area contributed by atoms with Crippen LogP contribution in [0.1, 0.15) is 31.7 Å². The van der Waals surface area contributed by atoms with E-state index in [0.717, 1.165) is 32.2 Å². The molecule has 1 aliphatic carbocycles. The number of carbonyl (C=O) groups excluding carboxylic acids is 1. The van der Waals surface area contributed by atoms with Crippen LogP contribution < -0.4 is 5.73 Å². The second kappa shape index (κ2) is 6.01. The zero-order valence-corrected chi connectivity index (χ0v) is 11.0. The quantitative estimate of drug-likeness (QED) is 0.834. The van der Waals surface area contributed by atoms with Crippen molar-refractivity contribution < 1.29 is 4.79 Å². The van der Waals surface area contributed by atoms with Crippen LogP contribution in [0.25, 0.3) is 0 Å². The minimum atomic E-state index is -0.356. The molecule has 2 rings (SSSR count). The number of hydrogen-bond donors (Lipinski definition) is 1. The van der Waals surface area contributed by atoms with Crippen LogP contribution in [0.4, 0.5) is 0 Å². The highest BCUT2D eigenvalue weighted by Crippen LogP contribution is 2.27. The van der Waals surface area contributed by atoms with Gasteiger partial charge in [-0.15, -0.1) is 0 Å². The summed E-state index contributed by atoms with van der Waals surface area (Å²) in [4.78, 5) is 14.1. The van der Waals surface area contributed by atoms with Crippen LogP contribution in [-0.2, 0) is 11.2 Å². The Morgan fingerprint density at radius 1 is 1.39 bits per heavy atom. The lowest BCUT2D eigenvalue weighted by Crippen LogP contribution is -2.45. The van der Waals surface area contributed by atoms with Crippen molar-refractivity contribution in [2.45, 2.75) is 44.7 Å². The Balaban J connectivity index is 1.83. The number of likely N-dealkylation sites (N-methyl/N-ethyl adjacent to an activating group) is 1. The lowest BCUT2D eigenvalue weighted by Gasteiger charge is -2.24. The van der Waals surface area contributed by atoms with E-state index in [0.29, 0.717) is 6.04 Å². The van der Waals surface area contributed by atoms with Crippen LogP contribution in [0, 0.1) is 0 Å². The highest BCUT2D eigenvalue weighted by atomic mass is 16.2. The summed E-state index contributed by atoms with van der Waals surface area (Å²) in [5, 5.41) is 0. The number of hydrogen-bond acceptors (Lipinski definition) is 2. The highest BCUT2D eigenvalue weighted by molar-refractivity contribution is 5.82. The second-order valence-electron chi connectivity index (χ2n) is 4.99. The summed E-state index contributed by atoms with van der Waals surface area (Å²) in [6.07, 6.45) is 3.89. The van der Waals surface area contributed by atoms with E-state index in [2.05, 4.69) is 12.1 Å². The zero-order valence-electron chi connectivity index (χ0n) is 11.0. The third kappa shape index (κ3) is 3.33. The summed E-state index contributed by atoms with van der Waals surface area (Å²) >= 11 is 0. The van der Waals surface area contributed by atoms with Crippen LogP contribution in [0.5, 0.6) is 0 Å². The summed E-state index contributed by atoms with van der Waals surface area (Å²) in [5.74, 6) is 0.121. The first-order valence-corrected chi connectivity index (χ1v) is 6.82. The summed E-state index contributed by atoms with van der Waals surface area (Å²) < 4.78 is 0. The van der Waals surface area contributed by atoms with Crippen LogP contribution >= 0.6 is 0 Å². The molecule has 98 valence electrons. The summed E-state index contributed by atoms with van der Waals surface area (Å²) in [5.41, 5.74) is 7.26. The third-order valence-corrected chi connectivity index (χ3v) is 3.52. The number of benzene rings is 1. The second-order valence-corrected chi connectivity index (χ2v) is 4.99. The van der Waals surface area contributed by atoms with Gasteiger partial charge in [0.05, 0.1) is 6.04 Å². The molecule has 0 saturated heterocycles. The van der Waals surface area contributed by atoms with Gasteiger partial charge in [0.25, 0.3) is 0 Å². The number of carbonyl (C=O) groups is 1. The molecular formula is C15H22N2O. The Kier molecular flexibility index (Phi) is 4.37. The molecule has 0 aromatic heterocycles. The lowest BCUT2D eigenvalue weighted by molar-refractivity contribution is -0.133. The van der Waals surface area contributed by atoms with Gasteiger partial charge in [-0.25, -0.2) is 0 Å². The van der Waals surface area contributed by atoms with Crippen LogP contribution in [0.2, 0.25) is 0 Å². The molecule has 1 atom stereocenters. The fourth-order valence-electron chi connectivity index (χ4n) is 2.28. The van der Waals surface area contributed by atoms with Gasteiger partial charge in [-0.2, -0.15) is 0 Å². The first-order valence-electron chi connectivity index (χ1n) is 6.82. The standard InChI is InChI=1S/C15H22N2O/c1-2-17(13-9-10-13)15(18)14(16)11-8-12-6-4-3-5-7-12/h3-7,13-14H,2,8-11,16H2,1H3/t14-/m0/s1. The summed E-state index contributed by atoms with van der Waals surface area (Å²) in [7, 11) is 0. The van der Waals surface area contributed by atoms with Crippen molar-refractivity contribution >= 4 is 5.91 Å². The van der Waals surface area contributed by atoms with Gasteiger partial charge < -0.3 is 10.6 Å². The lowest BCUT2D eigenvalue weighted by atomic mass is 10.0. The van der Waals surface area contributed by atoms with Crippen LogP contribution in [0.3, 0.4) is 0 Å². The average molecular weight is 246 g/mol. The number of nitrogens with zero attached hydrogens (tertiary/aromatic N) is 1. The number of rotatable bonds is 6. The van der Waals surface area contributed by atoms with Gasteiger partial charge in [0.2, 0.25) is 5.91 Å². The van der Waals surface area contributed by atoms with E-state index in [9.17, 15) is 4.79 Å². The molecule has 1 aromatic carbocycles. The topological polar surface area (TPSA) is 46.3 Å². The Morgan fingerprint density at radius 3 is 2.61 bits per heavy atom. The minimum absolute atomic E-state index is 0.121. The van der Waals surface area contributed by atoms with E-state index in [1.54, 1.807) is 0 Å². The molecule has 1 saturated carbocycles. The third-order valence-electron chi connectivity index (χ3n) is 3.52. The number of nitrogens with two attached hydrogens (primary N) is 1. The monoisotopic (exact) mass is 246 g/mol. The van der Waals surface area contributed by atoms with Crippen molar-refractivity contribution in [1.29, 1.82) is 0 Å². The van der Waals surface area contributed by atoms with E-state index in [1.165, 1.54) is 5.56 Å². The molecule has 3 nitrogen and oxygen atoms in total. The van der Waals surface area contributed by atoms with Gasteiger partial charge in [0.1, 0.15) is 0 Å². The molecule has 3 heteroatoms. The molecule has 1 aliphatic rings. The molecule has 0 unspecified atom stereocenters. The molecule has 1 amide bonds. The van der Waals surface area contributed by atoms with E-state index in [1.807, 2.05) is 30.0 Å². The molecule has 0 aliphatic heterocycles. The molecule has 1 fully saturated rings. The molecule has 0 bridgehead atoms. The van der Waals surface area contributed by atoms with Crippen LogP contribution in [0.15, 0.2) is 30.3 Å². The van der Waals surface area contributed by atoms with Crippen molar-refractivity contribution in [3.8, 4) is 0 Å². The van der Waals surface area contributed by atoms with E-state index < -0.39 is 0 Å². The maximum absolute atomic E-state index is 12.2. The Hall–Kier alpha value is -1.35. The molecule has 2 N–H and O–H groups in total. The maximum Gasteiger partial charge on any atom is 0.239 e. The molecule has 0 spiro atoms. The molecule has 18 heavy (non-hydrogen) atoms. The molecule has 1 aromatic rings. The van der Waals surface area contributed by atoms with Crippen molar-refractivity contribution in [3.63, 3.8) is 0 Å². The van der Waals surface area contributed by atoms with Gasteiger partial charge in [-0.05, 0) is 38.2 Å². The van der Waals surface area contributed by atoms with Crippen LogP contribution in [-0.4, -0.2) is 29.4 Å². The van der Waals surface area contributed by atoms with Crippen molar-refractivity contribution in [2.75, 3.05) is 6.54 Å². The van der Waals surface area contributed by atoms with Crippen molar-refractivity contribution in [3.05, 3.63) is 35.9 Å². The maximum atomic E-state index is 12.2. The molecule has 0 heterocycles. The normalized spacial score (nSPS) is 16.3. The zero-order chi connectivity index (χ0) is 13.0. The first-order chi connectivity index (χ1) is 8.72.